The van der Waals surface area contributed by atoms with Crippen LogP contribution in [0.1, 0.15) is 34.6 Å². The van der Waals surface area contributed by atoms with Crippen LogP contribution in [0, 0.1) is 5.92 Å². The molecule has 2 atom stereocenters. The maximum atomic E-state index is 12.9. The fourth-order valence-corrected chi connectivity index (χ4v) is 5.88. The summed E-state index contributed by atoms with van der Waals surface area (Å²) in [6.45, 7) is 1.14. The van der Waals surface area contributed by atoms with E-state index in [1.165, 1.54) is 16.1 Å². The molecule has 1 fully saturated rings. The molecule has 1 N–H and O–H groups in total. The Hall–Kier alpha value is -3.16. The lowest BCUT2D eigenvalue weighted by Gasteiger charge is -2.30. The first-order valence-corrected chi connectivity index (χ1v) is 13.8. The molecule has 6 nitrogen and oxygen atoms in total. The fraction of sp³-hybridized carbons (Fsp3) is 0.321. The van der Waals surface area contributed by atoms with Gasteiger partial charge in [0.05, 0.1) is 13.4 Å². The van der Waals surface area contributed by atoms with E-state index >= 15 is 0 Å². The van der Waals surface area contributed by atoms with Crippen LogP contribution in [0.25, 0.3) is 11.1 Å². The maximum Gasteiger partial charge on any atom is 0.224 e. The number of methoxy groups -OCH3 is 1. The predicted octanol–water partition coefficient (Wildman–Crippen LogP) is 4.10. The molecule has 7 heteroatoms. The summed E-state index contributed by atoms with van der Waals surface area (Å²) in [4.78, 5) is 12.9. The topological polar surface area (TPSA) is 75.7 Å². The number of sulfonamides is 1. The zero-order chi connectivity index (χ0) is 24.6. The minimum atomic E-state index is -3.32. The molecular weight excluding hydrogens is 460 g/mol. The molecule has 2 aliphatic rings. The smallest absolute Gasteiger partial charge is 0.224 e. The van der Waals surface area contributed by atoms with Gasteiger partial charge in [0.2, 0.25) is 15.9 Å². The summed E-state index contributed by atoms with van der Waals surface area (Å²) in [5, 5.41) is 3.11. The number of amides is 1. The van der Waals surface area contributed by atoms with Crippen molar-refractivity contribution in [1.82, 2.24) is 9.62 Å². The van der Waals surface area contributed by atoms with Crippen molar-refractivity contribution in [2.45, 2.75) is 31.8 Å². The highest BCUT2D eigenvalue weighted by Gasteiger charge is 2.43. The Labute approximate surface area is 207 Å². The van der Waals surface area contributed by atoms with Gasteiger partial charge in [-0.1, -0.05) is 54.6 Å². The zero-order valence-electron chi connectivity index (χ0n) is 20.0. The van der Waals surface area contributed by atoms with E-state index in [0.29, 0.717) is 26.1 Å². The van der Waals surface area contributed by atoms with Crippen LogP contribution in [0.3, 0.4) is 0 Å². The Morgan fingerprint density at radius 1 is 1.06 bits per heavy atom. The number of hydrogen-bond acceptors (Lipinski definition) is 4. The second-order valence-corrected chi connectivity index (χ2v) is 11.4. The van der Waals surface area contributed by atoms with Gasteiger partial charge in [0.15, 0.2) is 0 Å². The lowest BCUT2D eigenvalue weighted by Crippen LogP contribution is -2.36. The van der Waals surface area contributed by atoms with Gasteiger partial charge in [-0.2, -0.15) is 4.31 Å². The number of ether oxygens (including phenoxy) is 1. The molecule has 0 saturated heterocycles. The Morgan fingerprint density at radius 2 is 1.86 bits per heavy atom. The summed E-state index contributed by atoms with van der Waals surface area (Å²) in [6, 6.07) is 22.1. The molecule has 1 amide bonds. The average molecular weight is 491 g/mol. The summed E-state index contributed by atoms with van der Waals surface area (Å²) >= 11 is 0. The minimum absolute atomic E-state index is 0.00296. The molecule has 35 heavy (non-hydrogen) atoms. The predicted molar refractivity (Wildman–Crippen MR) is 137 cm³/mol. The van der Waals surface area contributed by atoms with Crippen LogP contribution in [-0.2, 0) is 34.3 Å². The van der Waals surface area contributed by atoms with E-state index in [-0.39, 0.29) is 17.7 Å². The minimum Gasteiger partial charge on any atom is -0.497 e. The Bertz CT molecular complexity index is 1350. The average Bonchev–Trinajstić information content (AvgIpc) is 3.68. The third-order valence-electron chi connectivity index (χ3n) is 7.13. The summed E-state index contributed by atoms with van der Waals surface area (Å²) < 4.78 is 31.6. The quantitative estimate of drug-likeness (QED) is 0.541. The third-order valence-corrected chi connectivity index (χ3v) is 8.38. The SMILES string of the molecule is COc1cccc(-c2ccc(CNC(=O)[C@@H]3C[C@@H]3c3ccccc3)c3c2CCN(S(C)(=O)=O)C3)c1. The van der Waals surface area contributed by atoms with Gasteiger partial charge in [0.25, 0.3) is 0 Å². The van der Waals surface area contributed by atoms with Crippen LogP contribution in [0.4, 0.5) is 0 Å². The first-order valence-electron chi connectivity index (χ1n) is 11.9. The van der Waals surface area contributed by atoms with Crippen molar-refractivity contribution in [2.75, 3.05) is 19.9 Å². The van der Waals surface area contributed by atoms with Gasteiger partial charge in [0.1, 0.15) is 5.75 Å². The largest absolute Gasteiger partial charge is 0.497 e. The van der Waals surface area contributed by atoms with E-state index in [2.05, 4.69) is 23.5 Å². The summed E-state index contributed by atoms with van der Waals surface area (Å²) in [5.74, 6) is 1.11. The molecule has 3 aromatic rings. The first kappa shape index (κ1) is 23.6. The molecule has 1 heterocycles. The van der Waals surface area contributed by atoms with Crippen LogP contribution in [0.5, 0.6) is 5.75 Å². The van der Waals surface area contributed by atoms with E-state index in [1.807, 2.05) is 48.5 Å². The standard InChI is InChI=1S/C28H30N2O4S/c1-34-22-10-6-9-20(15-22)23-12-11-21(27-18-30(35(2,32)33)14-13-24(23)27)17-29-28(31)26-16-25(26)19-7-4-3-5-8-19/h3-12,15,25-26H,13-14,16-18H2,1-2H3,(H,29,31)/t25-,26-/m1/s1. The molecule has 0 unspecified atom stereocenters. The van der Waals surface area contributed by atoms with Crippen molar-refractivity contribution in [2.24, 2.45) is 5.92 Å². The van der Waals surface area contributed by atoms with Crippen molar-refractivity contribution in [3.05, 3.63) is 89.0 Å². The molecule has 182 valence electrons. The monoisotopic (exact) mass is 490 g/mol. The van der Waals surface area contributed by atoms with E-state index in [9.17, 15) is 13.2 Å². The van der Waals surface area contributed by atoms with Crippen LogP contribution in [-0.4, -0.2) is 38.5 Å². The second kappa shape index (κ2) is 9.47. The number of carbonyl (C=O) groups is 1. The van der Waals surface area contributed by atoms with Crippen molar-refractivity contribution in [1.29, 1.82) is 0 Å². The number of fused-ring (bicyclic) bond motifs is 1. The second-order valence-electron chi connectivity index (χ2n) is 9.39. The van der Waals surface area contributed by atoms with E-state index in [4.69, 9.17) is 4.74 Å². The molecule has 0 aromatic heterocycles. The number of rotatable bonds is 7. The summed E-state index contributed by atoms with van der Waals surface area (Å²) in [5.41, 5.74) is 6.40. The van der Waals surface area contributed by atoms with Gasteiger partial charge >= 0.3 is 0 Å². The van der Waals surface area contributed by atoms with Crippen LogP contribution < -0.4 is 10.1 Å². The Kier molecular flexibility index (Phi) is 6.38. The van der Waals surface area contributed by atoms with E-state index in [0.717, 1.165) is 40.0 Å². The van der Waals surface area contributed by atoms with Crippen LogP contribution in [0.2, 0.25) is 0 Å². The van der Waals surface area contributed by atoms with Gasteiger partial charge in [-0.15, -0.1) is 0 Å². The molecule has 0 radical (unpaired) electrons. The molecule has 0 spiro atoms. The van der Waals surface area contributed by atoms with Crippen molar-refractivity contribution in [3.63, 3.8) is 0 Å². The highest BCUT2D eigenvalue weighted by molar-refractivity contribution is 7.88. The van der Waals surface area contributed by atoms with Gasteiger partial charge in [-0.3, -0.25) is 4.79 Å². The van der Waals surface area contributed by atoms with Crippen LogP contribution >= 0.6 is 0 Å². The molecule has 0 bridgehead atoms. The van der Waals surface area contributed by atoms with Crippen LogP contribution in [0.15, 0.2) is 66.7 Å². The zero-order valence-corrected chi connectivity index (χ0v) is 20.8. The summed E-state index contributed by atoms with van der Waals surface area (Å²) in [7, 11) is -1.67. The number of carbonyl (C=O) groups excluding carboxylic acids is 1. The first-order chi connectivity index (χ1) is 16.8. The lowest BCUT2D eigenvalue weighted by atomic mass is 9.88. The van der Waals surface area contributed by atoms with Gasteiger partial charge < -0.3 is 10.1 Å². The molecule has 5 rings (SSSR count). The normalized spacial score (nSPS) is 19.6. The maximum absolute atomic E-state index is 12.9. The highest BCUT2D eigenvalue weighted by Crippen LogP contribution is 2.47. The Morgan fingerprint density at radius 3 is 2.60 bits per heavy atom. The van der Waals surface area contributed by atoms with Crippen molar-refractivity contribution in [3.8, 4) is 16.9 Å². The number of nitrogens with one attached hydrogen (secondary N) is 1. The number of nitrogens with zero attached hydrogens (tertiary/aromatic N) is 1. The van der Waals surface area contributed by atoms with E-state index in [1.54, 1.807) is 7.11 Å². The van der Waals surface area contributed by atoms with Gasteiger partial charge in [0, 0.05) is 25.6 Å². The van der Waals surface area contributed by atoms with Crippen molar-refractivity contribution < 1.29 is 17.9 Å². The summed E-state index contributed by atoms with van der Waals surface area (Å²) in [6.07, 6.45) is 2.74. The fourth-order valence-electron chi connectivity index (χ4n) is 5.09. The highest BCUT2D eigenvalue weighted by atomic mass is 32.2. The molecule has 1 aliphatic heterocycles. The van der Waals surface area contributed by atoms with Crippen molar-refractivity contribution >= 4 is 15.9 Å². The van der Waals surface area contributed by atoms with Gasteiger partial charge in [-0.05, 0) is 64.3 Å². The van der Waals surface area contributed by atoms with Gasteiger partial charge in [-0.25, -0.2) is 8.42 Å². The molecular formula is C28H30N2O4S. The number of benzene rings is 3. The lowest BCUT2D eigenvalue weighted by molar-refractivity contribution is -0.122. The molecule has 1 aliphatic carbocycles. The van der Waals surface area contributed by atoms with E-state index < -0.39 is 10.0 Å². The molecule has 1 saturated carbocycles. The molecule has 3 aromatic carbocycles. The number of hydrogen-bond donors (Lipinski definition) is 1. The Balaban J connectivity index is 1.40. The third kappa shape index (κ3) is 4.97.